The quantitative estimate of drug-likeness (QED) is 0.624. The fourth-order valence-electron chi connectivity index (χ4n) is 1.82. The number of imidazole rings is 1. The number of anilines is 1. The SMILES string of the molecule is Cc1cc(-c2nc3ccncc3[nH]2)ccc1N. The normalized spacial score (nSPS) is 10.9. The first kappa shape index (κ1) is 9.84. The maximum absolute atomic E-state index is 5.80. The number of hydrogen-bond donors (Lipinski definition) is 2. The summed E-state index contributed by atoms with van der Waals surface area (Å²) in [6, 6.07) is 7.78. The number of aromatic nitrogens is 3. The topological polar surface area (TPSA) is 67.6 Å². The maximum Gasteiger partial charge on any atom is 0.138 e. The van der Waals surface area contributed by atoms with Gasteiger partial charge in [-0.15, -0.1) is 0 Å². The predicted molar refractivity (Wildman–Crippen MR) is 68.5 cm³/mol. The van der Waals surface area contributed by atoms with Crippen LogP contribution in [0, 0.1) is 6.92 Å². The van der Waals surface area contributed by atoms with E-state index in [0.717, 1.165) is 33.7 Å². The van der Waals surface area contributed by atoms with Gasteiger partial charge in [-0.1, -0.05) is 0 Å². The lowest BCUT2D eigenvalue weighted by Crippen LogP contribution is -1.90. The molecule has 0 radical (unpaired) electrons. The van der Waals surface area contributed by atoms with E-state index >= 15 is 0 Å². The minimum atomic E-state index is 0.798. The Morgan fingerprint density at radius 3 is 2.88 bits per heavy atom. The molecule has 3 aromatic rings. The minimum absolute atomic E-state index is 0.798. The van der Waals surface area contributed by atoms with Crippen LogP contribution in [0.4, 0.5) is 5.69 Å². The summed E-state index contributed by atoms with van der Waals surface area (Å²) < 4.78 is 0. The molecule has 0 aliphatic rings. The summed E-state index contributed by atoms with van der Waals surface area (Å²) in [6.45, 7) is 1.99. The molecule has 4 nitrogen and oxygen atoms in total. The van der Waals surface area contributed by atoms with Gasteiger partial charge in [0.2, 0.25) is 0 Å². The van der Waals surface area contributed by atoms with Crippen LogP contribution in [0.2, 0.25) is 0 Å². The number of nitrogen functional groups attached to an aromatic ring is 1. The standard InChI is InChI=1S/C13H12N4/c1-8-6-9(2-3-10(8)14)13-16-11-4-5-15-7-12(11)17-13/h2-7H,14H2,1H3,(H,16,17). The number of fused-ring (bicyclic) bond motifs is 1. The Morgan fingerprint density at radius 1 is 1.24 bits per heavy atom. The van der Waals surface area contributed by atoms with E-state index in [0.29, 0.717) is 0 Å². The van der Waals surface area contributed by atoms with Crippen LogP contribution in [0.5, 0.6) is 0 Å². The molecule has 0 bridgehead atoms. The van der Waals surface area contributed by atoms with E-state index in [9.17, 15) is 0 Å². The van der Waals surface area contributed by atoms with E-state index in [2.05, 4.69) is 15.0 Å². The number of benzene rings is 1. The number of aryl methyl sites for hydroxylation is 1. The largest absolute Gasteiger partial charge is 0.399 e. The monoisotopic (exact) mass is 224 g/mol. The van der Waals surface area contributed by atoms with E-state index in [-0.39, 0.29) is 0 Å². The van der Waals surface area contributed by atoms with E-state index in [1.54, 1.807) is 12.4 Å². The van der Waals surface area contributed by atoms with E-state index in [1.165, 1.54) is 0 Å². The Morgan fingerprint density at radius 2 is 2.12 bits per heavy atom. The number of H-pyrrole nitrogens is 1. The predicted octanol–water partition coefficient (Wildman–Crippen LogP) is 2.52. The molecule has 2 heterocycles. The summed E-state index contributed by atoms with van der Waals surface area (Å²) in [5.41, 5.74) is 10.6. The lowest BCUT2D eigenvalue weighted by atomic mass is 10.1. The lowest BCUT2D eigenvalue weighted by molar-refractivity contribution is 1.32. The molecule has 0 spiro atoms. The Labute approximate surface area is 98.5 Å². The lowest BCUT2D eigenvalue weighted by Gasteiger charge is -2.01. The Kier molecular flexibility index (Phi) is 2.08. The molecule has 1 aromatic carbocycles. The molecule has 0 unspecified atom stereocenters. The highest BCUT2D eigenvalue weighted by atomic mass is 14.9. The van der Waals surface area contributed by atoms with Crippen LogP contribution in [-0.4, -0.2) is 15.0 Å². The molecule has 0 saturated carbocycles. The molecule has 0 atom stereocenters. The Balaban J connectivity index is 2.17. The van der Waals surface area contributed by atoms with Crippen molar-refractivity contribution in [3.8, 4) is 11.4 Å². The molecule has 3 rings (SSSR count). The molecular weight excluding hydrogens is 212 g/mol. The molecule has 0 aliphatic carbocycles. The smallest absolute Gasteiger partial charge is 0.138 e. The number of pyridine rings is 1. The van der Waals surface area contributed by atoms with Gasteiger partial charge in [0.05, 0.1) is 17.2 Å². The van der Waals surface area contributed by atoms with E-state index < -0.39 is 0 Å². The third kappa shape index (κ3) is 1.63. The fraction of sp³-hybridized carbons (Fsp3) is 0.0769. The number of nitrogens with zero attached hydrogens (tertiary/aromatic N) is 2. The molecule has 2 aromatic heterocycles. The van der Waals surface area contributed by atoms with Gasteiger partial charge < -0.3 is 10.7 Å². The zero-order chi connectivity index (χ0) is 11.8. The molecule has 4 heteroatoms. The molecular formula is C13H12N4. The highest BCUT2D eigenvalue weighted by Crippen LogP contribution is 2.23. The van der Waals surface area contributed by atoms with Crippen molar-refractivity contribution in [1.29, 1.82) is 0 Å². The summed E-state index contributed by atoms with van der Waals surface area (Å²) in [4.78, 5) is 11.8. The van der Waals surface area contributed by atoms with Crippen molar-refractivity contribution in [2.24, 2.45) is 0 Å². The second kappa shape index (κ2) is 3.59. The number of nitrogens with two attached hydrogens (primary N) is 1. The van der Waals surface area contributed by atoms with Crippen LogP contribution < -0.4 is 5.73 Å². The summed E-state index contributed by atoms with van der Waals surface area (Å²) in [7, 11) is 0. The van der Waals surface area contributed by atoms with Gasteiger partial charge in [0.25, 0.3) is 0 Å². The van der Waals surface area contributed by atoms with Crippen molar-refractivity contribution >= 4 is 16.7 Å². The van der Waals surface area contributed by atoms with E-state index in [1.807, 2.05) is 31.2 Å². The molecule has 17 heavy (non-hydrogen) atoms. The third-order valence-corrected chi connectivity index (χ3v) is 2.83. The Hall–Kier alpha value is -2.36. The van der Waals surface area contributed by atoms with Crippen molar-refractivity contribution in [2.75, 3.05) is 5.73 Å². The van der Waals surface area contributed by atoms with Gasteiger partial charge >= 0.3 is 0 Å². The van der Waals surface area contributed by atoms with Crippen molar-refractivity contribution in [3.05, 3.63) is 42.2 Å². The molecule has 0 aliphatic heterocycles. The number of hydrogen-bond acceptors (Lipinski definition) is 3. The molecule has 0 fully saturated rings. The highest BCUT2D eigenvalue weighted by Gasteiger charge is 2.05. The maximum atomic E-state index is 5.80. The molecule has 3 N–H and O–H groups in total. The van der Waals surface area contributed by atoms with Crippen molar-refractivity contribution < 1.29 is 0 Å². The average molecular weight is 224 g/mol. The molecule has 84 valence electrons. The zero-order valence-corrected chi connectivity index (χ0v) is 9.44. The highest BCUT2D eigenvalue weighted by molar-refractivity contribution is 5.78. The van der Waals surface area contributed by atoms with Crippen LogP contribution in [-0.2, 0) is 0 Å². The second-order valence-electron chi connectivity index (χ2n) is 4.05. The van der Waals surface area contributed by atoms with Crippen LogP contribution in [0.25, 0.3) is 22.4 Å². The average Bonchev–Trinajstić information content (AvgIpc) is 2.76. The number of rotatable bonds is 1. The van der Waals surface area contributed by atoms with Gasteiger partial charge in [-0.2, -0.15) is 0 Å². The zero-order valence-electron chi connectivity index (χ0n) is 9.44. The van der Waals surface area contributed by atoms with Crippen molar-refractivity contribution in [2.45, 2.75) is 6.92 Å². The summed E-state index contributed by atoms with van der Waals surface area (Å²) >= 11 is 0. The number of nitrogens with one attached hydrogen (secondary N) is 1. The van der Waals surface area contributed by atoms with Crippen molar-refractivity contribution in [3.63, 3.8) is 0 Å². The second-order valence-corrected chi connectivity index (χ2v) is 4.05. The number of aromatic amines is 1. The third-order valence-electron chi connectivity index (χ3n) is 2.83. The van der Waals surface area contributed by atoms with Crippen LogP contribution >= 0.6 is 0 Å². The van der Waals surface area contributed by atoms with Crippen LogP contribution in [0.15, 0.2) is 36.7 Å². The van der Waals surface area contributed by atoms with Crippen molar-refractivity contribution in [1.82, 2.24) is 15.0 Å². The minimum Gasteiger partial charge on any atom is -0.399 e. The summed E-state index contributed by atoms with van der Waals surface area (Å²) in [6.07, 6.45) is 3.51. The molecule has 0 saturated heterocycles. The molecule has 0 amide bonds. The van der Waals surface area contributed by atoms with Gasteiger partial charge in [0.1, 0.15) is 5.82 Å². The summed E-state index contributed by atoms with van der Waals surface area (Å²) in [5, 5.41) is 0. The van der Waals surface area contributed by atoms with Gasteiger partial charge in [-0.05, 0) is 36.8 Å². The fourth-order valence-corrected chi connectivity index (χ4v) is 1.82. The summed E-state index contributed by atoms with van der Waals surface area (Å²) in [5.74, 6) is 0.844. The van der Waals surface area contributed by atoms with Gasteiger partial charge in [0.15, 0.2) is 0 Å². The van der Waals surface area contributed by atoms with E-state index in [4.69, 9.17) is 5.73 Å². The first-order valence-corrected chi connectivity index (χ1v) is 5.40. The van der Waals surface area contributed by atoms with Gasteiger partial charge in [-0.3, -0.25) is 4.98 Å². The van der Waals surface area contributed by atoms with Crippen LogP contribution in [0.3, 0.4) is 0 Å². The Bertz CT molecular complexity index is 652. The van der Waals surface area contributed by atoms with Gasteiger partial charge in [-0.25, -0.2) is 4.98 Å². The first-order valence-electron chi connectivity index (χ1n) is 5.40. The first-order chi connectivity index (χ1) is 8.24. The van der Waals surface area contributed by atoms with Gasteiger partial charge in [0, 0.05) is 17.4 Å². The van der Waals surface area contributed by atoms with Crippen LogP contribution in [0.1, 0.15) is 5.56 Å².